The minimum absolute atomic E-state index is 0.0420. The lowest BCUT2D eigenvalue weighted by Crippen LogP contribution is -2.11. The number of furan rings is 1. The molecule has 0 aliphatic rings. The van der Waals surface area contributed by atoms with Crippen LogP contribution in [0.5, 0.6) is 0 Å². The lowest BCUT2D eigenvalue weighted by molar-refractivity contribution is 0.102. The van der Waals surface area contributed by atoms with Gasteiger partial charge in [-0.25, -0.2) is 0 Å². The number of amides is 1. The van der Waals surface area contributed by atoms with E-state index < -0.39 is 0 Å². The molecule has 0 bridgehead atoms. The molecule has 6 nitrogen and oxygen atoms in total. The summed E-state index contributed by atoms with van der Waals surface area (Å²) in [6.07, 6.45) is 0. The fraction of sp³-hybridized carbons (Fsp3) is 0.0952. The van der Waals surface area contributed by atoms with Gasteiger partial charge in [0.25, 0.3) is 11.8 Å². The summed E-state index contributed by atoms with van der Waals surface area (Å²) in [5, 5.41) is 10.5. The largest absolute Gasteiger partial charge is 0.466 e. The first kappa shape index (κ1) is 16.8. The van der Waals surface area contributed by atoms with E-state index in [-0.39, 0.29) is 11.9 Å². The molecule has 0 fully saturated rings. The number of anilines is 1. The Balaban J connectivity index is 1.49. The van der Waals surface area contributed by atoms with Gasteiger partial charge < -0.3 is 8.83 Å². The van der Waals surface area contributed by atoms with Crippen LogP contribution in [0.4, 0.5) is 6.01 Å². The monoisotopic (exact) mass is 359 g/mol. The van der Waals surface area contributed by atoms with Crippen LogP contribution in [-0.2, 0) is 0 Å². The van der Waals surface area contributed by atoms with Crippen LogP contribution in [0.2, 0.25) is 0 Å². The van der Waals surface area contributed by atoms with Crippen molar-refractivity contribution < 1.29 is 13.6 Å². The van der Waals surface area contributed by atoms with Gasteiger partial charge in [-0.3, -0.25) is 10.1 Å². The SMILES string of the molecule is Cc1cc(-c2nnc(NC(=O)c3ccc(-c4ccccc4)cc3)o2)c(C)o1. The normalized spacial score (nSPS) is 10.7. The average Bonchev–Trinajstić information content (AvgIpc) is 3.28. The summed E-state index contributed by atoms with van der Waals surface area (Å²) < 4.78 is 11.0. The van der Waals surface area contributed by atoms with Gasteiger partial charge in [0.15, 0.2) is 0 Å². The van der Waals surface area contributed by atoms with E-state index in [9.17, 15) is 4.79 Å². The summed E-state index contributed by atoms with van der Waals surface area (Å²) in [6, 6.07) is 19.2. The third-order valence-corrected chi connectivity index (χ3v) is 4.17. The Labute approximate surface area is 155 Å². The summed E-state index contributed by atoms with van der Waals surface area (Å²) in [7, 11) is 0. The second-order valence-electron chi connectivity index (χ2n) is 6.14. The summed E-state index contributed by atoms with van der Waals surface area (Å²) >= 11 is 0. The van der Waals surface area contributed by atoms with Gasteiger partial charge in [-0.15, -0.1) is 5.10 Å². The minimum Gasteiger partial charge on any atom is -0.466 e. The van der Waals surface area contributed by atoms with Gasteiger partial charge in [-0.1, -0.05) is 47.6 Å². The number of carbonyl (C=O) groups excluding carboxylic acids is 1. The Hall–Kier alpha value is -3.67. The highest BCUT2D eigenvalue weighted by Crippen LogP contribution is 2.26. The number of rotatable bonds is 4. The summed E-state index contributed by atoms with van der Waals surface area (Å²) in [6.45, 7) is 3.66. The number of hydrogen-bond donors (Lipinski definition) is 1. The molecule has 134 valence electrons. The van der Waals surface area contributed by atoms with Crippen LogP contribution in [0.15, 0.2) is 69.5 Å². The van der Waals surface area contributed by atoms with Crippen LogP contribution in [0.25, 0.3) is 22.6 Å². The fourth-order valence-corrected chi connectivity index (χ4v) is 2.84. The predicted octanol–water partition coefficient (Wildman–Crippen LogP) is 4.87. The highest BCUT2D eigenvalue weighted by Gasteiger charge is 2.16. The third-order valence-electron chi connectivity index (χ3n) is 4.17. The maximum Gasteiger partial charge on any atom is 0.322 e. The number of hydrogen-bond acceptors (Lipinski definition) is 5. The van der Waals surface area contributed by atoms with E-state index in [4.69, 9.17) is 8.83 Å². The van der Waals surface area contributed by atoms with E-state index in [0.29, 0.717) is 22.8 Å². The Morgan fingerprint density at radius 3 is 2.26 bits per heavy atom. The molecule has 0 saturated carbocycles. The highest BCUT2D eigenvalue weighted by atomic mass is 16.4. The molecule has 0 radical (unpaired) electrons. The molecule has 0 aliphatic carbocycles. The van der Waals surface area contributed by atoms with Crippen molar-refractivity contribution in [3.05, 3.63) is 77.7 Å². The zero-order valence-electron chi connectivity index (χ0n) is 14.9. The highest BCUT2D eigenvalue weighted by molar-refractivity contribution is 6.03. The van der Waals surface area contributed by atoms with Crippen LogP contribution < -0.4 is 5.32 Å². The van der Waals surface area contributed by atoms with Crippen molar-refractivity contribution in [2.45, 2.75) is 13.8 Å². The van der Waals surface area contributed by atoms with Crippen molar-refractivity contribution in [2.75, 3.05) is 5.32 Å². The van der Waals surface area contributed by atoms with E-state index in [1.165, 1.54) is 0 Å². The number of nitrogens with zero attached hydrogens (tertiary/aromatic N) is 2. The molecule has 1 N–H and O–H groups in total. The standard InChI is InChI=1S/C21H17N3O3/c1-13-12-18(14(2)26-13)20-23-24-21(27-20)22-19(25)17-10-8-16(9-11-17)15-6-4-3-5-7-15/h3-12H,1-2H3,(H,22,24,25). The molecule has 0 unspecified atom stereocenters. The molecular weight excluding hydrogens is 342 g/mol. The van der Waals surface area contributed by atoms with Gasteiger partial charge in [0.2, 0.25) is 0 Å². The van der Waals surface area contributed by atoms with Crippen molar-refractivity contribution in [3.63, 3.8) is 0 Å². The lowest BCUT2D eigenvalue weighted by atomic mass is 10.0. The quantitative estimate of drug-likeness (QED) is 0.562. The first-order valence-corrected chi connectivity index (χ1v) is 8.48. The maximum atomic E-state index is 12.4. The molecule has 1 amide bonds. The fourth-order valence-electron chi connectivity index (χ4n) is 2.84. The van der Waals surface area contributed by atoms with Crippen molar-refractivity contribution in [1.82, 2.24) is 10.2 Å². The van der Waals surface area contributed by atoms with E-state index in [0.717, 1.165) is 16.9 Å². The van der Waals surface area contributed by atoms with Gasteiger partial charge in [-0.2, -0.15) is 0 Å². The van der Waals surface area contributed by atoms with Crippen LogP contribution in [-0.4, -0.2) is 16.1 Å². The molecule has 0 spiro atoms. The van der Waals surface area contributed by atoms with E-state index in [1.54, 1.807) is 12.1 Å². The van der Waals surface area contributed by atoms with E-state index >= 15 is 0 Å². The molecule has 27 heavy (non-hydrogen) atoms. The molecule has 0 atom stereocenters. The number of benzene rings is 2. The van der Waals surface area contributed by atoms with Gasteiger partial charge in [-0.05, 0) is 43.2 Å². The Morgan fingerprint density at radius 2 is 1.59 bits per heavy atom. The number of aromatic nitrogens is 2. The molecular formula is C21H17N3O3. The van der Waals surface area contributed by atoms with Crippen LogP contribution in [0, 0.1) is 13.8 Å². The predicted molar refractivity (Wildman–Crippen MR) is 101 cm³/mol. The second-order valence-corrected chi connectivity index (χ2v) is 6.14. The average molecular weight is 359 g/mol. The number of nitrogens with one attached hydrogen (secondary N) is 1. The Morgan fingerprint density at radius 1 is 0.889 bits per heavy atom. The Bertz CT molecular complexity index is 1080. The molecule has 4 aromatic rings. The number of carbonyl (C=O) groups is 1. The van der Waals surface area contributed by atoms with Gasteiger partial charge in [0, 0.05) is 5.56 Å². The molecule has 0 saturated heterocycles. The molecule has 4 rings (SSSR count). The number of aryl methyl sites for hydroxylation is 2. The van der Waals surface area contributed by atoms with E-state index in [1.807, 2.05) is 62.4 Å². The lowest BCUT2D eigenvalue weighted by Gasteiger charge is -2.04. The molecule has 2 aromatic carbocycles. The van der Waals surface area contributed by atoms with Gasteiger partial charge >= 0.3 is 6.01 Å². The summed E-state index contributed by atoms with van der Waals surface area (Å²) in [5.74, 6) is 1.43. The van der Waals surface area contributed by atoms with Crippen LogP contribution in [0.1, 0.15) is 21.9 Å². The van der Waals surface area contributed by atoms with Gasteiger partial charge in [0.1, 0.15) is 11.5 Å². The minimum atomic E-state index is -0.315. The molecule has 0 aliphatic heterocycles. The first-order chi connectivity index (χ1) is 13.1. The molecule has 2 heterocycles. The van der Waals surface area contributed by atoms with Gasteiger partial charge in [0.05, 0.1) is 5.56 Å². The first-order valence-electron chi connectivity index (χ1n) is 8.48. The van der Waals surface area contributed by atoms with Crippen molar-refractivity contribution >= 4 is 11.9 Å². The van der Waals surface area contributed by atoms with Crippen LogP contribution >= 0.6 is 0 Å². The Kier molecular flexibility index (Phi) is 4.30. The molecule has 2 aromatic heterocycles. The summed E-state index contributed by atoms with van der Waals surface area (Å²) in [5.41, 5.74) is 3.35. The zero-order valence-corrected chi connectivity index (χ0v) is 14.9. The van der Waals surface area contributed by atoms with Crippen molar-refractivity contribution in [3.8, 4) is 22.6 Å². The maximum absolute atomic E-state index is 12.4. The van der Waals surface area contributed by atoms with Crippen molar-refractivity contribution in [2.24, 2.45) is 0 Å². The van der Waals surface area contributed by atoms with Crippen LogP contribution in [0.3, 0.4) is 0 Å². The molecule has 6 heteroatoms. The summed E-state index contributed by atoms with van der Waals surface area (Å²) in [4.78, 5) is 12.4. The third kappa shape index (κ3) is 3.50. The smallest absolute Gasteiger partial charge is 0.322 e. The topological polar surface area (TPSA) is 81.2 Å². The van der Waals surface area contributed by atoms with E-state index in [2.05, 4.69) is 15.5 Å². The second kappa shape index (κ2) is 6.92. The zero-order chi connectivity index (χ0) is 18.8. The van der Waals surface area contributed by atoms with Crippen molar-refractivity contribution in [1.29, 1.82) is 0 Å².